The fourth-order valence-corrected chi connectivity index (χ4v) is 3.59. The summed E-state index contributed by atoms with van der Waals surface area (Å²) in [7, 11) is 4.19. The number of nitrogens with zero attached hydrogens (tertiary/aromatic N) is 3. The molecule has 2 heterocycles. The van der Waals surface area contributed by atoms with Crippen LogP contribution in [-0.4, -0.2) is 85.5 Å². The molecule has 0 spiro atoms. The van der Waals surface area contributed by atoms with Crippen molar-refractivity contribution in [2.75, 3.05) is 46.9 Å². The summed E-state index contributed by atoms with van der Waals surface area (Å²) in [5, 5.41) is 0. The number of likely N-dealkylation sites (N-methyl/N-ethyl adjacent to an activating group) is 1. The van der Waals surface area contributed by atoms with Gasteiger partial charge in [-0.3, -0.25) is 9.69 Å². The third-order valence-electron chi connectivity index (χ3n) is 4.95. The fourth-order valence-electron chi connectivity index (χ4n) is 3.59. The highest BCUT2D eigenvalue weighted by Crippen LogP contribution is 2.20. The largest absolute Gasteiger partial charge is 0.464 e. The van der Waals surface area contributed by atoms with Gasteiger partial charge in [-0.1, -0.05) is 0 Å². The van der Waals surface area contributed by atoms with E-state index in [2.05, 4.69) is 23.9 Å². The van der Waals surface area contributed by atoms with Crippen molar-refractivity contribution in [2.45, 2.75) is 51.1 Å². The Labute approximate surface area is 139 Å². The third kappa shape index (κ3) is 4.91. The maximum atomic E-state index is 12.7. The Bertz CT molecular complexity index is 414. The molecule has 2 aliphatic heterocycles. The van der Waals surface area contributed by atoms with Gasteiger partial charge in [-0.15, -0.1) is 0 Å². The molecule has 0 aromatic carbocycles. The van der Waals surface area contributed by atoms with Crippen LogP contribution in [0.3, 0.4) is 0 Å². The van der Waals surface area contributed by atoms with E-state index in [0.717, 1.165) is 38.8 Å². The number of rotatable bonds is 5. The van der Waals surface area contributed by atoms with Gasteiger partial charge in [0.05, 0.1) is 13.2 Å². The van der Waals surface area contributed by atoms with Crippen LogP contribution in [0.5, 0.6) is 0 Å². The second-order valence-electron chi connectivity index (χ2n) is 6.85. The molecule has 2 fully saturated rings. The van der Waals surface area contributed by atoms with Gasteiger partial charge < -0.3 is 14.5 Å². The van der Waals surface area contributed by atoms with E-state index in [1.54, 1.807) is 4.90 Å². The van der Waals surface area contributed by atoms with Gasteiger partial charge in [-0.05, 0) is 59.7 Å². The zero-order valence-electron chi connectivity index (χ0n) is 14.8. The van der Waals surface area contributed by atoms with Gasteiger partial charge in [0.1, 0.15) is 6.04 Å². The molecule has 0 bridgehead atoms. The molecular weight excluding hydrogens is 294 g/mol. The summed E-state index contributed by atoms with van der Waals surface area (Å²) >= 11 is 0. The molecule has 2 saturated heterocycles. The minimum absolute atomic E-state index is 0.0714. The first-order valence-electron chi connectivity index (χ1n) is 8.87. The van der Waals surface area contributed by atoms with Crippen molar-refractivity contribution in [3.8, 4) is 0 Å². The van der Waals surface area contributed by atoms with Crippen molar-refractivity contribution >= 4 is 11.9 Å². The summed E-state index contributed by atoms with van der Waals surface area (Å²) in [6, 6.07) is 0.129. The molecule has 0 N–H and O–H groups in total. The summed E-state index contributed by atoms with van der Waals surface area (Å²) in [4.78, 5) is 31.1. The van der Waals surface area contributed by atoms with Crippen molar-refractivity contribution < 1.29 is 14.3 Å². The number of hydrogen-bond acceptors (Lipinski definition) is 5. The number of amides is 1. The molecule has 132 valence electrons. The van der Waals surface area contributed by atoms with Gasteiger partial charge in [-0.25, -0.2) is 4.79 Å². The van der Waals surface area contributed by atoms with E-state index < -0.39 is 0 Å². The van der Waals surface area contributed by atoms with Gasteiger partial charge in [0.2, 0.25) is 5.91 Å². The number of piperidine rings is 2. The van der Waals surface area contributed by atoms with Crippen LogP contribution in [0.4, 0.5) is 0 Å². The van der Waals surface area contributed by atoms with E-state index in [1.807, 2.05) is 6.92 Å². The normalized spacial score (nSPS) is 26.3. The van der Waals surface area contributed by atoms with E-state index in [0.29, 0.717) is 25.7 Å². The molecule has 6 heteroatoms. The van der Waals surface area contributed by atoms with Gasteiger partial charge in [-0.2, -0.15) is 0 Å². The van der Waals surface area contributed by atoms with Crippen molar-refractivity contribution in [1.29, 1.82) is 0 Å². The second-order valence-corrected chi connectivity index (χ2v) is 6.85. The lowest BCUT2D eigenvalue weighted by atomic mass is 10.0. The van der Waals surface area contributed by atoms with Gasteiger partial charge in [0.15, 0.2) is 0 Å². The van der Waals surface area contributed by atoms with E-state index in [-0.39, 0.29) is 17.9 Å². The van der Waals surface area contributed by atoms with E-state index in [9.17, 15) is 9.59 Å². The number of ether oxygens (including phenoxy) is 1. The zero-order chi connectivity index (χ0) is 16.8. The van der Waals surface area contributed by atoms with E-state index >= 15 is 0 Å². The topological polar surface area (TPSA) is 53.1 Å². The summed E-state index contributed by atoms with van der Waals surface area (Å²) in [5.41, 5.74) is 0. The molecule has 0 aliphatic carbocycles. The summed E-state index contributed by atoms with van der Waals surface area (Å²) in [6.07, 6.45) is 5.00. The highest BCUT2D eigenvalue weighted by Gasteiger charge is 2.34. The number of hydrogen-bond donors (Lipinski definition) is 0. The summed E-state index contributed by atoms with van der Waals surface area (Å²) in [6.45, 7) is 5.16. The Hall–Kier alpha value is -1.14. The lowest BCUT2D eigenvalue weighted by Crippen LogP contribution is -2.54. The summed E-state index contributed by atoms with van der Waals surface area (Å²) < 4.78 is 5.15. The first kappa shape index (κ1) is 18.2. The van der Waals surface area contributed by atoms with Crippen molar-refractivity contribution in [3.63, 3.8) is 0 Å². The van der Waals surface area contributed by atoms with Crippen LogP contribution in [0.1, 0.15) is 39.0 Å². The Morgan fingerprint density at radius 1 is 1.13 bits per heavy atom. The number of likely N-dealkylation sites (tertiary alicyclic amines) is 2. The second kappa shape index (κ2) is 8.64. The van der Waals surface area contributed by atoms with Crippen molar-refractivity contribution in [3.05, 3.63) is 0 Å². The van der Waals surface area contributed by atoms with E-state index in [1.165, 1.54) is 6.42 Å². The van der Waals surface area contributed by atoms with Crippen LogP contribution in [0.15, 0.2) is 0 Å². The number of carbonyl (C=O) groups excluding carboxylic acids is 2. The van der Waals surface area contributed by atoms with Crippen molar-refractivity contribution in [2.24, 2.45) is 0 Å². The quantitative estimate of drug-likeness (QED) is 0.705. The average molecular weight is 325 g/mol. The molecule has 0 radical (unpaired) electrons. The highest BCUT2D eigenvalue weighted by molar-refractivity contribution is 5.85. The maximum Gasteiger partial charge on any atom is 0.328 e. The molecule has 2 atom stereocenters. The fraction of sp³-hybridized carbons (Fsp3) is 0.882. The Balaban J connectivity index is 1.93. The van der Waals surface area contributed by atoms with E-state index in [4.69, 9.17) is 4.74 Å². The highest BCUT2D eigenvalue weighted by atomic mass is 16.5. The Morgan fingerprint density at radius 3 is 2.61 bits per heavy atom. The standard InChI is InChI=1S/C17H31N3O3/c1-4-23-17(22)15-9-5-6-11-20(15)16(21)13-19-10-7-8-14(12-19)18(2)3/h14-15H,4-13H2,1-3H3. The first-order valence-corrected chi connectivity index (χ1v) is 8.87. The van der Waals surface area contributed by atoms with Crippen LogP contribution in [0, 0.1) is 0 Å². The zero-order valence-corrected chi connectivity index (χ0v) is 14.8. The molecule has 2 aliphatic rings. The van der Waals surface area contributed by atoms with Crippen LogP contribution < -0.4 is 0 Å². The van der Waals surface area contributed by atoms with Crippen LogP contribution in [0.25, 0.3) is 0 Å². The van der Waals surface area contributed by atoms with Gasteiger partial charge in [0, 0.05) is 19.1 Å². The first-order chi connectivity index (χ1) is 11.0. The molecule has 2 rings (SSSR count). The molecule has 2 unspecified atom stereocenters. The van der Waals surface area contributed by atoms with Crippen molar-refractivity contribution in [1.82, 2.24) is 14.7 Å². The van der Waals surface area contributed by atoms with Gasteiger partial charge >= 0.3 is 5.97 Å². The lowest BCUT2D eigenvalue weighted by molar-refractivity contribution is -0.157. The minimum atomic E-state index is -0.384. The molecule has 23 heavy (non-hydrogen) atoms. The Morgan fingerprint density at radius 2 is 1.91 bits per heavy atom. The molecule has 0 aromatic rings. The van der Waals surface area contributed by atoms with Crippen LogP contribution >= 0.6 is 0 Å². The molecule has 6 nitrogen and oxygen atoms in total. The number of carbonyl (C=O) groups is 2. The predicted molar refractivity (Wildman–Crippen MR) is 89.1 cm³/mol. The Kier molecular flexibility index (Phi) is 6.84. The monoisotopic (exact) mass is 325 g/mol. The SMILES string of the molecule is CCOC(=O)C1CCCCN1C(=O)CN1CCCC(N(C)C)C1. The average Bonchev–Trinajstić information content (AvgIpc) is 2.55. The molecule has 0 saturated carbocycles. The third-order valence-corrected chi connectivity index (χ3v) is 4.95. The smallest absolute Gasteiger partial charge is 0.328 e. The molecule has 0 aromatic heterocycles. The van der Waals surface area contributed by atoms with Crippen LogP contribution in [0.2, 0.25) is 0 Å². The molecule has 1 amide bonds. The predicted octanol–water partition coefficient (Wildman–Crippen LogP) is 0.957. The molecular formula is C17H31N3O3. The minimum Gasteiger partial charge on any atom is -0.464 e. The van der Waals surface area contributed by atoms with Gasteiger partial charge in [0.25, 0.3) is 0 Å². The summed E-state index contributed by atoms with van der Waals surface area (Å²) in [5.74, 6) is -0.174. The maximum absolute atomic E-state index is 12.7. The lowest BCUT2D eigenvalue weighted by Gasteiger charge is -2.38. The number of esters is 1. The van der Waals surface area contributed by atoms with Crippen LogP contribution in [-0.2, 0) is 14.3 Å².